The third-order valence-electron chi connectivity index (χ3n) is 6.53. The van der Waals surface area contributed by atoms with E-state index in [1.807, 2.05) is 45.0 Å². The van der Waals surface area contributed by atoms with Gasteiger partial charge in [-0.15, -0.1) is 11.3 Å². The van der Waals surface area contributed by atoms with E-state index in [0.29, 0.717) is 22.0 Å². The second-order valence-corrected chi connectivity index (χ2v) is 11.3. The second kappa shape index (κ2) is 7.79. The predicted octanol–water partition coefficient (Wildman–Crippen LogP) is 5.70. The lowest BCUT2D eigenvalue weighted by molar-refractivity contribution is -0.149. The lowest BCUT2D eigenvalue weighted by atomic mass is 9.80. The Bertz CT molecular complexity index is 1130. The fourth-order valence-corrected chi connectivity index (χ4v) is 6.05. The van der Waals surface area contributed by atoms with Gasteiger partial charge in [-0.2, -0.15) is 0 Å². The summed E-state index contributed by atoms with van der Waals surface area (Å²) in [7, 11) is 0. The number of ketones is 1. The van der Waals surface area contributed by atoms with Crippen LogP contribution in [0.25, 0.3) is 16.1 Å². The van der Waals surface area contributed by atoms with Gasteiger partial charge in [0.1, 0.15) is 10.8 Å². The molecule has 2 aromatic rings. The van der Waals surface area contributed by atoms with Crippen molar-refractivity contribution in [1.29, 1.82) is 0 Å². The van der Waals surface area contributed by atoms with Crippen LogP contribution in [0.1, 0.15) is 51.1 Å². The van der Waals surface area contributed by atoms with Crippen molar-refractivity contribution in [2.75, 3.05) is 0 Å². The molecule has 0 unspecified atom stereocenters. The summed E-state index contributed by atoms with van der Waals surface area (Å²) in [4.78, 5) is 32.5. The van der Waals surface area contributed by atoms with Crippen LogP contribution in [0.5, 0.6) is 0 Å². The summed E-state index contributed by atoms with van der Waals surface area (Å²) in [5, 5.41) is 1.49. The van der Waals surface area contributed by atoms with Crippen LogP contribution >= 0.6 is 22.9 Å². The molecule has 4 atom stereocenters. The van der Waals surface area contributed by atoms with Crippen molar-refractivity contribution in [2.24, 2.45) is 17.3 Å². The normalized spacial score (nSPS) is 26.7. The van der Waals surface area contributed by atoms with Crippen LogP contribution in [-0.4, -0.2) is 28.9 Å². The maximum Gasteiger partial charge on any atom is 0.316 e. The van der Waals surface area contributed by atoms with Crippen molar-refractivity contribution in [3.63, 3.8) is 0 Å². The molecule has 32 heavy (non-hydrogen) atoms. The molecular weight excluding hydrogens is 446 g/mol. The molecular formula is C25H26ClNO4S. The van der Waals surface area contributed by atoms with Gasteiger partial charge in [0.2, 0.25) is 0 Å². The van der Waals surface area contributed by atoms with Gasteiger partial charge in [-0.1, -0.05) is 30.7 Å². The molecule has 2 aliphatic heterocycles. The number of hydrogen-bond donors (Lipinski definition) is 0. The Morgan fingerprint density at radius 3 is 2.47 bits per heavy atom. The minimum Gasteiger partial charge on any atom is -0.429 e. The molecule has 3 aliphatic rings. The number of benzene rings is 1. The first-order valence-corrected chi connectivity index (χ1v) is 12.3. The number of esters is 1. The number of aryl methyl sites for hydroxylation is 1. The third kappa shape index (κ3) is 3.44. The molecule has 2 fully saturated rings. The number of aromatic nitrogens is 1. The minimum absolute atomic E-state index is 0.00145. The Kier molecular flexibility index (Phi) is 5.31. The lowest BCUT2D eigenvalue weighted by Crippen LogP contribution is -2.31. The Morgan fingerprint density at radius 1 is 1.19 bits per heavy atom. The van der Waals surface area contributed by atoms with Crippen LogP contribution < -0.4 is 0 Å². The van der Waals surface area contributed by atoms with E-state index < -0.39 is 5.41 Å². The third-order valence-corrected chi connectivity index (χ3v) is 8.03. The number of Topliss-reactive ketones (excluding diaryl/α,β-unsaturated/α-hetero) is 1. The first-order valence-electron chi connectivity index (χ1n) is 11.1. The summed E-state index contributed by atoms with van der Waals surface area (Å²) in [6.45, 7) is 7.51. The molecule has 2 saturated heterocycles. The standard InChI is InChI=1S/C25H26ClNO4S/c1-5-16-20(27-23(32-16)12-6-8-13(26)9-7-12)19-21(28)17-14-10-11-15(30-14)18(17)22(19)31-24(29)25(2,3)4/h6-9,14-15,17-18H,5,10-11H2,1-4H3/t14-,15+,17+,18-/m0/s1. The summed E-state index contributed by atoms with van der Waals surface area (Å²) in [5.41, 5.74) is 1.40. The number of hydrogen-bond acceptors (Lipinski definition) is 6. The zero-order valence-corrected chi connectivity index (χ0v) is 20.2. The maximum atomic E-state index is 13.7. The number of thiazole rings is 1. The molecule has 5 nitrogen and oxygen atoms in total. The zero-order chi connectivity index (χ0) is 22.8. The van der Waals surface area contributed by atoms with E-state index in [2.05, 4.69) is 6.92 Å². The average Bonchev–Trinajstić information content (AvgIpc) is 3.50. The maximum absolute atomic E-state index is 13.7. The topological polar surface area (TPSA) is 65.5 Å². The van der Waals surface area contributed by atoms with E-state index in [4.69, 9.17) is 26.1 Å². The fraction of sp³-hybridized carbons (Fsp3) is 0.480. The fourth-order valence-electron chi connectivity index (χ4n) is 4.91. The van der Waals surface area contributed by atoms with Crippen LogP contribution in [0.2, 0.25) is 5.02 Å². The van der Waals surface area contributed by atoms with Gasteiger partial charge in [-0.3, -0.25) is 9.59 Å². The summed E-state index contributed by atoms with van der Waals surface area (Å²) in [6.07, 6.45) is 2.32. The highest BCUT2D eigenvalue weighted by Gasteiger charge is 2.60. The summed E-state index contributed by atoms with van der Waals surface area (Å²) in [5.74, 6) is -0.353. The van der Waals surface area contributed by atoms with Crippen molar-refractivity contribution in [3.8, 4) is 10.6 Å². The summed E-state index contributed by atoms with van der Waals surface area (Å²) < 4.78 is 12.1. The number of rotatable bonds is 4. The Morgan fingerprint density at radius 2 is 1.84 bits per heavy atom. The SMILES string of the molecule is CCc1sc(-c2ccc(Cl)cc2)nc1C1=C(OC(=O)C(C)(C)C)[C@@H]2[C@H](C1=O)[C@@H]1CC[C@H]2O1. The smallest absolute Gasteiger partial charge is 0.316 e. The molecule has 3 heterocycles. The summed E-state index contributed by atoms with van der Waals surface area (Å²) >= 11 is 7.61. The second-order valence-electron chi connectivity index (χ2n) is 9.74. The van der Waals surface area contributed by atoms with Crippen molar-refractivity contribution >= 4 is 40.3 Å². The summed E-state index contributed by atoms with van der Waals surface area (Å²) in [6, 6.07) is 7.52. The van der Waals surface area contributed by atoms with E-state index in [0.717, 1.165) is 34.7 Å². The van der Waals surface area contributed by atoms with Crippen molar-refractivity contribution < 1.29 is 19.1 Å². The van der Waals surface area contributed by atoms with Gasteiger partial charge in [0.05, 0.1) is 40.7 Å². The number of carbonyl (C=O) groups is 2. The van der Waals surface area contributed by atoms with E-state index in [1.165, 1.54) is 0 Å². The van der Waals surface area contributed by atoms with E-state index in [1.54, 1.807) is 11.3 Å². The number of fused-ring (bicyclic) bond motifs is 5. The highest BCUT2D eigenvalue weighted by molar-refractivity contribution is 7.15. The van der Waals surface area contributed by atoms with Gasteiger partial charge in [0, 0.05) is 15.5 Å². The highest BCUT2D eigenvalue weighted by atomic mass is 35.5. The molecule has 1 aliphatic carbocycles. The highest BCUT2D eigenvalue weighted by Crippen LogP contribution is 2.55. The number of halogens is 1. The number of carbonyl (C=O) groups excluding carboxylic acids is 2. The van der Waals surface area contributed by atoms with E-state index in [9.17, 15) is 9.59 Å². The molecule has 0 N–H and O–H groups in total. The molecule has 0 amide bonds. The predicted molar refractivity (Wildman–Crippen MR) is 124 cm³/mol. The number of allylic oxidation sites excluding steroid dienone is 1. The van der Waals surface area contributed by atoms with Crippen molar-refractivity contribution in [2.45, 2.75) is 59.2 Å². The Balaban J connectivity index is 1.64. The number of ether oxygens (including phenoxy) is 2. The van der Waals surface area contributed by atoms with Crippen molar-refractivity contribution in [3.05, 3.63) is 45.6 Å². The minimum atomic E-state index is -0.679. The van der Waals surface area contributed by atoms with Gasteiger partial charge in [-0.25, -0.2) is 4.98 Å². The molecule has 1 aromatic heterocycles. The Labute approximate surface area is 196 Å². The molecule has 5 rings (SSSR count). The van der Waals surface area contributed by atoms with Crippen LogP contribution in [-0.2, 0) is 25.5 Å². The largest absolute Gasteiger partial charge is 0.429 e. The molecule has 0 radical (unpaired) electrons. The van der Waals surface area contributed by atoms with Gasteiger partial charge >= 0.3 is 5.97 Å². The van der Waals surface area contributed by atoms with E-state index in [-0.39, 0.29) is 35.8 Å². The first-order chi connectivity index (χ1) is 15.2. The zero-order valence-electron chi connectivity index (χ0n) is 18.6. The molecule has 0 spiro atoms. The van der Waals surface area contributed by atoms with Gasteiger partial charge in [0.15, 0.2) is 5.78 Å². The lowest BCUT2D eigenvalue weighted by Gasteiger charge is -2.24. The van der Waals surface area contributed by atoms with Gasteiger partial charge < -0.3 is 9.47 Å². The van der Waals surface area contributed by atoms with Crippen molar-refractivity contribution in [1.82, 2.24) is 4.98 Å². The number of nitrogens with zero attached hydrogens (tertiary/aromatic N) is 1. The monoisotopic (exact) mass is 471 g/mol. The van der Waals surface area contributed by atoms with Crippen LogP contribution in [0, 0.1) is 17.3 Å². The molecule has 2 bridgehead atoms. The van der Waals surface area contributed by atoms with Crippen LogP contribution in [0.3, 0.4) is 0 Å². The van der Waals surface area contributed by atoms with Crippen LogP contribution in [0.4, 0.5) is 0 Å². The molecule has 1 aromatic carbocycles. The van der Waals surface area contributed by atoms with E-state index >= 15 is 0 Å². The quantitative estimate of drug-likeness (QED) is 0.535. The van der Waals surface area contributed by atoms with Gasteiger partial charge in [-0.05, 0) is 52.2 Å². The van der Waals surface area contributed by atoms with Gasteiger partial charge in [0.25, 0.3) is 0 Å². The first kappa shape index (κ1) is 21.8. The Hall–Kier alpha value is -2.02. The molecule has 7 heteroatoms. The van der Waals surface area contributed by atoms with Crippen LogP contribution in [0.15, 0.2) is 30.0 Å². The molecule has 0 saturated carbocycles. The molecule has 168 valence electrons. The average molecular weight is 472 g/mol.